The molecule has 3 heterocycles. The molecule has 1 amide bonds. The smallest absolute Gasteiger partial charge is 0.255 e. The molecule has 0 bridgehead atoms. The molecule has 0 aliphatic carbocycles. The zero-order valence-electron chi connectivity index (χ0n) is 17.5. The second-order valence-electron chi connectivity index (χ2n) is 7.66. The molecule has 8 nitrogen and oxygen atoms in total. The number of anilines is 1. The Labute approximate surface area is 176 Å². The lowest BCUT2D eigenvalue weighted by Gasteiger charge is -2.32. The summed E-state index contributed by atoms with van der Waals surface area (Å²) in [4.78, 5) is 15.1. The van der Waals surface area contributed by atoms with Crippen LogP contribution in [0.4, 0.5) is 5.69 Å². The minimum atomic E-state index is -0.153. The number of carbonyl (C=O) groups is 1. The summed E-state index contributed by atoms with van der Waals surface area (Å²) in [5.41, 5.74) is 3.56. The van der Waals surface area contributed by atoms with Crippen LogP contribution in [0.25, 0.3) is 0 Å². The zero-order valence-corrected chi connectivity index (χ0v) is 17.5. The van der Waals surface area contributed by atoms with Crippen LogP contribution in [0.2, 0.25) is 0 Å². The van der Waals surface area contributed by atoms with Crippen LogP contribution in [0.3, 0.4) is 0 Å². The van der Waals surface area contributed by atoms with Crippen molar-refractivity contribution in [3.63, 3.8) is 0 Å². The molecule has 0 spiro atoms. The summed E-state index contributed by atoms with van der Waals surface area (Å²) in [7, 11) is 1.61. The third-order valence-corrected chi connectivity index (χ3v) is 5.60. The molecular formula is C22H28N6O2. The predicted molar refractivity (Wildman–Crippen MR) is 115 cm³/mol. The third-order valence-electron chi connectivity index (χ3n) is 5.60. The van der Waals surface area contributed by atoms with Crippen molar-refractivity contribution in [3.8, 4) is 5.75 Å². The number of hydrogen-bond donors (Lipinski definition) is 2. The fraction of sp³-hybridized carbons (Fsp3) is 0.409. The van der Waals surface area contributed by atoms with Gasteiger partial charge in [0.1, 0.15) is 5.75 Å². The Morgan fingerprint density at radius 3 is 2.87 bits per heavy atom. The summed E-state index contributed by atoms with van der Waals surface area (Å²) < 4.78 is 7.11. The largest absolute Gasteiger partial charge is 0.497 e. The average molecular weight is 409 g/mol. The van der Waals surface area contributed by atoms with E-state index in [1.807, 2.05) is 10.9 Å². The van der Waals surface area contributed by atoms with Crippen molar-refractivity contribution in [2.45, 2.75) is 38.8 Å². The van der Waals surface area contributed by atoms with Crippen molar-refractivity contribution < 1.29 is 9.53 Å². The zero-order chi connectivity index (χ0) is 20.9. The van der Waals surface area contributed by atoms with Crippen LogP contribution in [0, 0.1) is 0 Å². The highest BCUT2D eigenvalue weighted by atomic mass is 16.5. The second-order valence-corrected chi connectivity index (χ2v) is 7.66. The van der Waals surface area contributed by atoms with Crippen LogP contribution in [0.15, 0.2) is 42.9 Å². The number of hydrogen-bond acceptors (Lipinski definition) is 5. The van der Waals surface area contributed by atoms with E-state index in [4.69, 9.17) is 4.74 Å². The minimum absolute atomic E-state index is 0.153. The maximum atomic E-state index is 12.7. The van der Waals surface area contributed by atoms with E-state index in [1.165, 1.54) is 5.56 Å². The Kier molecular flexibility index (Phi) is 6.13. The number of nitrogens with one attached hydrogen (secondary N) is 2. The molecule has 1 fully saturated rings. The molecule has 1 aliphatic heterocycles. The van der Waals surface area contributed by atoms with Gasteiger partial charge in [-0.05, 0) is 50.6 Å². The van der Waals surface area contributed by atoms with Crippen molar-refractivity contribution in [2.75, 3.05) is 25.5 Å². The molecule has 8 heteroatoms. The third kappa shape index (κ3) is 4.54. The molecule has 3 aromatic rings. The molecule has 2 N–H and O–H groups in total. The number of likely N-dealkylation sites (tertiary alicyclic amines) is 1. The Bertz CT molecular complexity index is 978. The molecule has 158 valence electrons. The lowest BCUT2D eigenvalue weighted by Crippen LogP contribution is -2.34. The van der Waals surface area contributed by atoms with Crippen LogP contribution >= 0.6 is 0 Å². The monoisotopic (exact) mass is 408 g/mol. The topological polar surface area (TPSA) is 88.1 Å². The van der Waals surface area contributed by atoms with E-state index in [9.17, 15) is 4.79 Å². The molecular weight excluding hydrogens is 380 g/mol. The van der Waals surface area contributed by atoms with Crippen molar-refractivity contribution in [2.24, 2.45) is 0 Å². The number of aromatic nitrogens is 4. The number of methoxy groups -OCH3 is 1. The van der Waals surface area contributed by atoms with Crippen LogP contribution in [0.5, 0.6) is 5.75 Å². The molecule has 1 saturated heterocycles. The summed E-state index contributed by atoms with van der Waals surface area (Å²) in [6, 6.07) is 7.08. The van der Waals surface area contributed by atoms with Gasteiger partial charge in [0.2, 0.25) is 0 Å². The van der Waals surface area contributed by atoms with Crippen LogP contribution in [0.1, 0.15) is 47.3 Å². The number of benzene rings is 1. The molecule has 0 radical (unpaired) electrons. The lowest BCUT2D eigenvalue weighted by atomic mass is 9.93. The van der Waals surface area contributed by atoms with Crippen molar-refractivity contribution in [3.05, 3.63) is 59.7 Å². The first-order valence-electron chi connectivity index (χ1n) is 10.4. The quantitative estimate of drug-likeness (QED) is 0.626. The second kappa shape index (κ2) is 9.13. The van der Waals surface area contributed by atoms with Crippen molar-refractivity contribution in [1.29, 1.82) is 0 Å². The van der Waals surface area contributed by atoms with Crippen LogP contribution in [-0.2, 0) is 13.1 Å². The van der Waals surface area contributed by atoms with E-state index >= 15 is 0 Å². The van der Waals surface area contributed by atoms with Gasteiger partial charge in [0.15, 0.2) is 0 Å². The highest BCUT2D eigenvalue weighted by molar-refractivity contribution is 6.04. The average Bonchev–Trinajstić information content (AvgIpc) is 3.43. The maximum Gasteiger partial charge on any atom is 0.255 e. The fourth-order valence-corrected chi connectivity index (χ4v) is 4.00. The minimum Gasteiger partial charge on any atom is -0.497 e. The van der Waals surface area contributed by atoms with Gasteiger partial charge in [-0.15, -0.1) is 0 Å². The lowest BCUT2D eigenvalue weighted by molar-refractivity contribution is 0.102. The number of aromatic amines is 1. The number of rotatable bonds is 7. The predicted octanol–water partition coefficient (Wildman–Crippen LogP) is 3.27. The highest BCUT2D eigenvalue weighted by Crippen LogP contribution is 2.31. The summed E-state index contributed by atoms with van der Waals surface area (Å²) in [6.45, 7) is 5.85. The molecule has 30 heavy (non-hydrogen) atoms. The standard InChI is InChI=1S/C22H28N6O2/c1-3-28-14-16(11-24-28)13-27-10-4-5-18(15-27)21-20(12-23-26-21)25-22(29)17-6-8-19(30-2)9-7-17/h6-9,11-12,14,18H,3-5,10,13,15H2,1-2H3,(H,23,26)(H,25,29)/t18-/m0/s1. The molecule has 1 atom stereocenters. The van der Waals surface area contributed by atoms with E-state index in [0.29, 0.717) is 11.5 Å². The van der Waals surface area contributed by atoms with E-state index < -0.39 is 0 Å². The van der Waals surface area contributed by atoms with E-state index in [1.54, 1.807) is 37.6 Å². The number of piperidine rings is 1. The summed E-state index contributed by atoms with van der Waals surface area (Å²) in [5, 5.41) is 14.7. The molecule has 2 aromatic heterocycles. The van der Waals surface area contributed by atoms with Gasteiger partial charge in [-0.3, -0.25) is 19.5 Å². The number of nitrogens with zero attached hydrogens (tertiary/aromatic N) is 4. The molecule has 0 saturated carbocycles. The number of H-pyrrole nitrogens is 1. The first-order valence-corrected chi connectivity index (χ1v) is 10.4. The maximum absolute atomic E-state index is 12.7. The fourth-order valence-electron chi connectivity index (χ4n) is 4.00. The van der Waals surface area contributed by atoms with Gasteiger partial charge < -0.3 is 10.1 Å². The summed E-state index contributed by atoms with van der Waals surface area (Å²) >= 11 is 0. The van der Waals surface area contributed by atoms with Gasteiger partial charge in [-0.1, -0.05) is 0 Å². The Balaban J connectivity index is 1.41. The van der Waals surface area contributed by atoms with Crippen LogP contribution in [-0.4, -0.2) is 51.0 Å². The van der Waals surface area contributed by atoms with Gasteiger partial charge in [0.05, 0.1) is 30.9 Å². The van der Waals surface area contributed by atoms with Crippen molar-refractivity contribution >= 4 is 11.6 Å². The highest BCUT2D eigenvalue weighted by Gasteiger charge is 2.25. The van der Waals surface area contributed by atoms with Gasteiger partial charge in [0, 0.05) is 42.9 Å². The Morgan fingerprint density at radius 1 is 1.30 bits per heavy atom. The Hall–Kier alpha value is -3.13. The van der Waals surface area contributed by atoms with Gasteiger partial charge >= 0.3 is 0 Å². The summed E-state index contributed by atoms with van der Waals surface area (Å²) in [6.07, 6.45) is 7.93. The van der Waals surface area contributed by atoms with Crippen LogP contribution < -0.4 is 10.1 Å². The van der Waals surface area contributed by atoms with E-state index in [0.717, 1.165) is 56.2 Å². The molecule has 0 unspecified atom stereocenters. The normalized spacial score (nSPS) is 17.1. The van der Waals surface area contributed by atoms with Gasteiger partial charge in [-0.2, -0.15) is 10.2 Å². The molecule has 1 aromatic carbocycles. The number of aryl methyl sites for hydroxylation is 1. The SMILES string of the molecule is CCn1cc(CN2CCC[C@H](c3[nH]ncc3NC(=O)c3ccc(OC)cc3)C2)cn1. The van der Waals surface area contributed by atoms with Gasteiger partial charge in [0.25, 0.3) is 5.91 Å². The number of ether oxygens (including phenoxy) is 1. The van der Waals surface area contributed by atoms with Gasteiger partial charge in [-0.25, -0.2) is 0 Å². The number of amides is 1. The Morgan fingerprint density at radius 2 is 2.13 bits per heavy atom. The number of carbonyl (C=O) groups excluding carboxylic acids is 1. The summed E-state index contributed by atoms with van der Waals surface area (Å²) in [5.74, 6) is 0.871. The molecule has 4 rings (SSSR count). The van der Waals surface area contributed by atoms with Crippen molar-refractivity contribution in [1.82, 2.24) is 24.9 Å². The van der Waals surface area contributed by atoms with E-state index in [2.05, 4.69) is 38.6 Å². The first-order chi connectivity index (χ1) is 14.7. The first kappa shape index (κ1) is 20.2. The van der Waals surface area contributed by atoms with E-state index in [-0.39, 0.29) is 5.91 Å². The molecule has 1 aliphatic rings.